The molecule has 0 radical (unpaired) electrons. The summed E-state index contributed by atoms with van der Waals surface area (Å²) in [5, 5.41) is 15.0. The van der Waals surface area contributed by atoms with Crippen LogP contribution < -0.4 is 10.6 Å². The minimum Gasteiger partial charge on any atom is -0.355 e. The maximum absolute atomic E-state index is 12.0. The molecular weight excluding hydrogens is 264 g/mol. The van der Waals surface area contributed by atoms with Gasteiger partial charge in [0.25, 0.3) is 5.91 Å². The first kappa shape index (κ1) is 13.1. The highest BCUT2D eigenvalue weighted by Crippen LogP contribution is 2.20. The minimum absolute atomic E-state index is 0.146. The number of nitrogens with zero attached hydrogens (tertiary/aromatic N) is 2. The van der Waals surface area contributed by atoms with Crippen LogP contribution in [0.2, 0.25) is 0 Å². The maximum atomic E-state index is 12.0. The lowest BCUT2D eigenvalue weighted by atomic mass is 10.2. The van der Waals surface area contributed by atoms with E-state index in [-0.39, 0.29) is 5.91 Å². The number of carbonyl (C=O) groups excluding carboxylic acids is 1. The van der Waals surface area contributed by atoms with E-state index in [1.165, 1.54) is 0 Å². The minimum atomic E-state index is -0.146. The fourth-order valence-electron chi connectivity index (χ4n) is 1.95. The highest BCUT2D eigenvalue weighted by atomic mass is 16.2. The van der Waals surface area contributed by atoms with Crippen LogP contribution in [0.5, 0.6) is 0 Å². The molecule has 1 aliphatic carbocycles. The largest absolute Gasteiger partial charge is 0.355 e. The number of carbonyl (C=O) groups is 1. The fourth-order valence-corrected chi connectivity index (χ4v) is 1.95. The molecule has 1 aliphatic rings. The summed E-state index contributed by atoms with van der Waals surface area (Å²) in [7, 11) is 0. The zero-order valence-corrected chi connectivity index (χ0v) is 11.3. The lowest BCUT2D eigenvalue weighted by Crippen LogP contribution is -2.26. The van der Waals surface area contributed by atoms with Gasteiger partial charge < -0.3 is 10.6 Å². The number of rotatable bonds is 4. The Morgan fingerprint density at radius 1 is 1.24 bits per heavy atom. The lowest BCUT2D eigenvalue weighted by Gasteiger charge is -2.08. The van der Waals surface area contributed by atoms with Crippen LogP contribution in [-0.4, -0.2) is 16.9 Å². The van der Waals surface area contributed by atoms with Crippen molar-refractivity contribution in [3.8, 4) is 6.07 Å². The molecule has 0 saturated heterocycles. The topological polar surface area (TPSA) is 77.8 Å². The quantitative estimate of drug-likeness (QED) is 0.901. The van der Waals surface area contributed by atoms with E-state index in [1.807, 2.05) is 12.1 Å². The normalized spacial score (nSPS) is 13.3. The molecule has 1 heterocycles. The van der Waals surface area contributed by atoms with E-state index in [2.05, 4.69) is 21.7 Å². The smallest absolute Gasteiger partial charge is 0.270 e. The number of amides is 1. The van der Waals surface area contributed by atoms with Gasteiger partial charge in [-0.1, -0.05) is 6.07 Å². The van der Waals surface area contributed by atoms with Crippen molar-refractivity contribution >= 4 is 17.3 Å². The van der Waals surface area contributed by atoms with Crippen molar-refractivity contribution in [1.82, 2.24) is 10.3 Å². The lowest BCUT2D eigenvalue weighted by molar-refractivity contribution is 0.0946. The van der Waals surface area contributed by atoms with E-state index in [9.17, 15) is 4.79 Å². The second-order valence-corrected chi connectivity index (χ2v) is 5.00. The molecule has 5 nitrogen and oxygen atoms in total. The highest BCUT2D eigenvalue weighted by molar-refractivity contribution is 5.93. The standard InChI is InChI=1S/C16H14N4O/c17-10-11-2-1-3-13(8-11)19-14-6-7-18-15(9-14)16(21)20-12-4-5-12/h1-3,6-9,12H,4-5H2,(H,18,19)(H,20,21). The summed E-state index contributed by atoms with van der Waals surface area (Å²) in [5.41, 5.74) is 2.54. The van der Waals surface area contributed by atoms with E-state index >= 15 is 0 Å². The number of hydrogen-bond donors (Lipinski definition) is 2. The Morgan fingerprint density at radius 2 is 2.05 bits per heavy atom. The first-order chi connectivity index (χ1) is 10.2. The first-order valence-corrected chi connectivity index (χ1v) is 6.79. The van der Waals surface area contributed by atoms with Crippen LogP contribution in [0.4, 0.5) is 11.4 Å². The molecule has 1 saturated carbocycles. The zero-order chi connectivity index (χ0) is 14.7. The Hall–Kier alpha value is -2.87. The average molecular weight is 278 g/mol. The van der Waals surface area contributed by atoms with Crippen molar-refractivity contribution in [2.24, 2.45) is 0 Å². The van der Waals surface area contributed by atoms with Crippen LogP contribution in [0.3, 0.4) is 0 Å². The third-order valence-electron chi connectivity index (χ3n) is 3.19. The predicted octanol–water partition coefficient (Wildman–Crippen LogP) is 2.59. The van der Waals surface area contributed by atoms with Gasteiger partial charge in [-0.2, -0.15) is 5.26 Å². The number of benzene rings is 1. The molecule has 5 heteroatoms. The Labute approximate surface area is 122 Å². The Morgan fingerprint density at radius 3 is 2.81 bits per heavy atom. The summed E-state index contributed by atoms with van der Waals surface area (Å²) in [4.78, 5) is 16.0. The van der Waals surface area contributed by atoms with Crippen LogP contribution in [0, 0.1) is 11.3 Å². The number of nitriles is 1. The number of hydrogen-bond acceptors (Lipinski definition) is 4. The number of aromatic nitrogens is 1. The van der Waals surface area contributed by atoms with Gasteiger partial charge in [-0.05, 0) is 43.2 Å². The van der Waals surface area contributed by atoms with Crippen LogP contribution in [-0.2, 0) is 0 Å². The van der Waals surface area contributed by atoms with Gasteiger partial charge in [-0.3, -0.25) is 9.78 Å². The molecule has 0 aliphatic heterocycles. The van der Waals surface area contributed by atoms with E-state index in [4.69, 9.17) is 5.26 Å². The van der Waals surface area contributed by atoms with E-state index < -0.39 is 0 Å². The summed E-state index contributed by atoms with van der Waals surface area (Å²) in [6, 6.07) is 13.1. The number of anilines is 2. The van der Waals surface area contributed by atoms with Crippen LogP contribution in [0.1, 0.15) is 28.9 Å². The molecule has 1 amide bonds. The Kier molecular flexibility index (Phi) is 3.52. The first-order valence-electron chi connectivity index (χ1n) is 6.79. The van der Waals surface area contributed by atoms with Gasteiger partial charge in [0.1, 0.15) is 5.69 Å². The summed E-state index contributed by atoms with van der Waals surface area (Å²) in [6.07, 6.45) is 3.69. The third-order valence-corrected chi connectivity index (χ3v) is 3.19. The van der Waals surface area contributed by atoms with E-state index in [0.29, 0.717) is 17.3 Å². The third kappa shape index (κ3) is 3.37. The van der Waals surface area contributed by atoms with Gasteiger partial charge in [0.05, 0.1) is 11.6 Å². The second kappa shape index (κ2) is 5.63. The molecule has 0 atom stereocenters. The van der Waals surface area contributed by atoms with E-state index in [1.54, 1.807) is 30.5 Å². The molecule has 104 valence electrons. The molecule has 0 unspecified atom stereocenters. The molecule has 0 spiro atoms. The van der Waals surface area contributed by atoms with Crippen molar-refractivity contribution in [3.63, 3.8) is 0 Å². The molecule has 1 aromatic carbocycles. The molecule has 0 bridgehead atoms. The van der Waals surface area contributed by atoms with Gasteiger partial charge in [-0.25, -0.2) is 0 Å². The van der Waals surface area contributed by atoms with E-state index in [0.717, 1.165) is 24.2 Å². The number of nitrogens with one attached hydrogen (secondary N) is 2. The Balaban J connectivity index is 1.76. The number of pyridine rings is 1. The van der Waals surface area contributed by atoms with Gasteiger partial charge in [0.2, 0.25) is 0 Å². The van der Waals surface area contributed by atoms with Gasteiger partial charge >= 0.3 is 0 Å². The monoisotopic (exact) mass is 278 g/mol. The fraction of sp³-hybridized carbons (Fsp3) is 0.188. The van der Waals surface area contributed by atoms with Gasteiger partial charge in [-0.15, -0.1) is 0 Å². The SMILES string of the molecule is N#Cc1cccc(Nc2ccnc(C(=O)NC3CC3)c2)c1. The zero-order valence-electron chi connectivity index (χ0n) is 11.3. The van der Waals surface area contributed by atoms with Gasteiger partial charge in [0.15, 0.2) is 0 Å². The summed E-state index contributed by atoms with van der Waals surface area (Å²) in [5.74, 6) is -0.146. The summed E-state index contributed by atoms with van der Waals surface area (Å²) in [6.45, 7) is 0. The molecular formula is C16H14N4O. The van der Waals surface area contributed by atoms with Crippen molar-refractivity contribution < 1.29 is 4.79 Å². The maximum Gasteiger partial charge on any atom is 0.270 e. The predicted molar refractivity (Wildman–Crippen MR) is 79.2 cm³/mol. The van der Waals surface area contributed by atoms with Crippen molar-refractivity contribution in [2.45, 2.75) is 18.9 Å². The second-order valence-electron chi connectivity index (χ2n) is 5.00. The Bertz CT molecular complexity index is 716. The highest BCUT2D eigenvalue weighted by Gasteiger charge is 2.24. The molecule has 2 N–H and O–H groups in total. The van der Waals surface area contributed by atoms with Crippen molar-refractivity contribution in [2.75, 3.05) is 5.32 Å². The van der Waals surface area contributed by atoms with Gasteiger partial charge in [0, 0.05) is 23.6 Å². The summed E-state index contributed by atoms with van der Waals surface area (Å²) < 4.78 is 0. The van der Waals surface area contributed by atoms with Crippen molar-refractivity contribution in [1.29, 1.82) is 5.26 Å². The van der Waals surface area contributed by atoms with Crippen LogP contribution in [0.25, 0.3) is 0 Å². The summed E-state index contributed by atoms with van der Waals surface area (Å²) >= 11 is 0. The molecule has 1 aromatic heterocycles. The molecule has 2 aromatic rings. The van der Waals surface area contributed by atoms with Crippen LogP contribution in [0.15, 0.2) is 42.6 Å². The molecule has 21 heavy (non-hydrogen) atoms. The van der Waals surface area contributed by atoms with Crippen LogP contribution >= 0.6 is 0 Å². The molecule has 3 rings (SSSR count). The average Bonchev–Trinajstić information content (AvgIpc) is 3.31. The molecule has 1 fully saturated rings. The van der Waals surface area contributed by atoms with Crippen molar-refractivity contribution in [3.05, 3.63) is 53.9 Å².